The third kappa shape index (κ3) is 3.13. The lowest BCUT2D eigenvalue weighted by molar-refractivity contribution is 0.0947. The van der Waals surface area contributed by atoms with E-state index in [0.29, 0.717) is 22.9 Å². The van der Waals surface area contributed by atoms with Crippen LogP contribution < -0.4 is 10.1 Å². The average molecular weight is 359 g/mol. The normalized spacial score (nSPS) is 10.4. The van der Waals surface area contributed by atoms with Crippen LogP contribution in [0.25, 0.3) is 0 Å². The monoisotopic (exact) mass is 357 g/mol. The summed E-state index contributed by atoms with van der Waals surface area (Å²) in [4.78, 5) is 12.2. The first-order valence-electron chi connectivity index (χ1n) is 5.81. The topological polar surface area (TPSA) is 56.1 Å². The average Bonchev–Trinajstić information content (AvgIpc) is 2.75. The highest BCUT2D eigenvalue weighted by Gasteiger charge is 2.14. The van der Waals surface area contributed by atoms with E-state index in [-0.39, 0.29) is 5.91 Å². The van der Waals surface area contributed by atoms with E-state index in [2.05, 4.69) is 26.3 Å². The molecule has 0 fully saturated rings. The van der Waals surface area contributed by atoms with Crippen molar-refractivity contribution in [3.63, 3.8) is 0 Å². The Morgan fingerprint density at radius 3 is 2.90 bits per heavy atom. The highest BCUT2D eigenvalue weighted by molar-refractivity contribution is 9.10. The Kier molecular flexibility index (Phi) is 4.67. The van der Waals surface area contributed by atoms with Gasteiger partial charge >= 0.3 is 0 Å². The first-order valence-corrected chi connectivity index (χ1v) is 6.98. The van der Waals surface area contributed by atoms with Crippen molar-refractivity contribution in [3.05, 3.63) is 45.1 Å². The van der Waals surface area contributed by atoms with Crippen molar-refractivity contribution < 1.29 is 9.53 Å². The number of methoxy groups -OCH3 is 1. The maximum atomic E-state index is 12.2. The molecule has 1 aromatic heterocycles. The standard InChI is InChI=1S/C13H13BrClN3O2/c1-18-11(10(14)6-17-18)7-16-13(19)9-5-8(15)3-4-12(9)20-2/h3-6H,7H2,1-2H3,(H,16,19). The SMILES string of the molecule is COc1ccc(Cl)cc1C(=O)NCc1c(Br)cnn1C. The molecule has 1 heterocycles. The lowest BCUT2D eigenvalue weighted by Crippen LogP contribution is -2.24. The van der Waals surface area contributed by atoms with Gasteiger partial charge < -0.3 is 10.1 Å². The molecule has 7 heteroatoms. The summed E-state index contributed by atoms with van der Waals surface area (Å²) in [5.74, 6) is 0.230. The van der Waals surface area contributed by atoms with Crippen LogP contribution in [0.4, 0.5) is 0 Å². The summed E-state index contributed by atoms with van der Waals surface area (Å²) < 4.78 is 7.70. The van der Waals surface area contributed by atoms with Crippen LogP contribution >= 0.6 is 27.5 Å². The number of amides is 1. The summed E-state index contributed by atoms with van der Waals surface area (Å²) in [6.07, 6.45) is 1.68. The first-order chi connectivity index (χ1) is 9.52. The summed E-state index contributed by atoms with van der Waals surface area (Å²) in [7, 11) is 3.32. The largest absolute Gasteiger partial charge is 0.496 e. The number of carbonyl (C=O) groups excluding carboxylic acids is 1. The van der Waals surface area contributed by atoms with Gasteiger partial charge in [0.05, 0.1) is 35.6 Å². The predicted molar refractivity (Wildman–Crippen MR) is 80.1 cm³/mol. The highest BCUT2D eigenvalue weighted by atomic mass is 79.9. The van der Waals surface area contributed by atoms with Gasteiger partial charge in [-0.2, -0.15) is 5.10 Å². The predicted octanol–water partition coefficient (Wildman–Crippen LogP) is 2.77. The second-order valence-electron chi connectivity index (χ2n) is 4.09. The van der Waals surface area contributed by atoms with Gasteiger partial charge in [0.2, 0.25) is 0 Å². The van der Waals surface area contributed by atoms with Gasteiger partial charge in [-0.25, -0.2) is 0 Å². The number of benzene rings is 1. The maximum absolute atomic E-state index is 12.2. The molecule has 2 aromatic rings. The Balaban J connectivity index is 2.15. The minimum atomic E-state index is -0.252. The van der Waals surface area contributed by atoms with Crippen LogP contribution in [0.3, 0.4) is 0 Å². The molecule has 1 aromatic carbocycles. The Hall–Kier alpha value is -1.53. The second kappa shape index (κ2) is 6.28. The zero-order chi connectivity index (χ0) is 14.7. The van der Waals surface area contributed by atoms with Crippen molar-refractivity contribution in [2.75, 3.05) is 7.11 Å². The lowest BCUT2D eigenvalue weighted by atomic mass is 10.2. The van der Waals surface area contributed by atoms with Crippen molar-refractivity contribution in [2.45, 2.75) is 6.54 Å². The minimum Gasteiger partial charge on any atom is -0.496 e. The van der Waals surface area contributed by atoms with Crippen molar-refractivity contribution >= 4 is 33.4 Å². The number of hydrogen-bond donors (Lipinski definition) is 1. The van der Waals surface area contributed by atoms with Crippen LogP contribution in [0.1, 0.15) is 16.1 Å². The molecule has 0 unspecified atom stereocenters. The highest BCUT2D eigenvalue weighted by Crippen LogP contribution is 2.23. The van der Waals surface area contributed by atoms with E-state index < -0.39 is 0 Å². The summed E-state index contributed by atoms with van der Waals surface area (Å²) in [6, 6.07) is 4.92. The maximum Gasteiger partial charge on any atom is 0.255 e. The van der Waals surface area contributed by atoms with E-state index >= 15 is 0 Å². The van der Waals surface area contributed by atoms with Gasteiger partial charge in [0, 0.05) is 12.1 Å². The molecule has 0 aliphatic carbocycles. The van der Waals surface area contributed by atoms with Gasteiger partial charge in [0.15, 0.2) is 0 Å². The van der Waals surface area contributed by atoms with Gasteiger partial charge in [-0.15, -0.1) is 0 Å². The molecule has 106 valence electrons. The van der Waals surface area contributed by atoms with E-state index in [4.69, 9.17) is 16.3 Å². The molecule has 20 heavy (non-hydrogen) atoms. The third-order valence-corrected chi connectivity index (χ3v) is 3.73. The Morgan fingerprint density at radius 1 is 1.55 bits per heavy atom. The molecule has 0 saturated heterocycles. The van der Waals surface area contributed by atoms with Crippen molar-refractivity contribution in [2.24, 2.45) is 7.05 Å². The van der Waals surface area contributed by atoms with Crippen LogP contribution in [-0.4, -0.2) is 22.8 Å². The van der Waals surface area contributed by atoms with E-state index in [1.165, 1.54) is 7.11 Å². The molecule has 0 aliphatic heterocycles. The molecule has 0 bridgehead atoms. The van der Waals surface area contributed by atoms with Gasteiger partial charge in [-0.3, -0.25) is 9.48 Å². The molecular weight excluding hydrogens is 346 g/mol. The quantitative estimate of drug-likeness (QED) is 0.914. The van der Waals surface area contributed by atoms with Gasteiger partial charge in [-0.1, -0.05) is 11.6 Å². The first kappa shape index (κ1) is 14.9. The van der Waals surface area contributed by atoms with Gasteiger partial charge in [-0.05, 0) is 34.1 Å². The number of rotatable bonds is 4. The fraction of sp³-hybridized carbons (Fsp3) is 0.231. The van der Waals surface area contributed by atoms with Crippen molar-refractivity contribution in [1.29, 1.82) is 0 Å². The molecule has 5 nitrogen and oxygen atoms in total. The molecule has 0 atom stereocenters. The molecule has 2 rings (SSSR count). The number of ether oxygens (including phenoxy) is 1. The number of halogens is 2. The molecule has 1 N–H and O–H groups in total. The van der Waals surface area contributed by atoms with Crippen molar-refractivity contribution in [1.82, 2.24) is 15.1 Å². The number of nitrogens with zero attached hydrogens (tertiary/aromatic N) is 2. The molecule has 0 radical (unpaired) electrons. The summed E-state index contributed by atoms with van der Waals surface area (Å²) in [5.41, 5.74) is 1.28. The number of aromatic nitrogens is 2. The van der Waals surface area contributed by atoms with E-state index in [1.54, 1.807) is 29.1 Å². The van der Waals surface area contributed by atoms with Crippen LogP contribution in [0.2, 0.25) is 5.02 Å². The number of carbonyl (C=O) groups is 1. The Labute approximate surface area is 130 Å². The molecule has 0 aliphatic rings. The van der Waals surface area contributed by atoms with Crippen LogP contribution in [0.15, 0.2) is 28.9 Å². The minimum absolute atomic E-state index is 0.252. The number of aryl methyl sites for hydroxylation is 1. The third-order valence-electron chi connectivity index (χ3n) is 2.83. The van der Waals surface area contributed by atoms with Gasteiger partial charge in [0.25, 0.3) is 5.91 Å². The fourth-order valence-corrected chi connectivity index (χ4v) is 2.41. The lowest BCUT2D eigenvalue weighted by Gasteiger charge is -2.10. The van der Waals surface area contributed by atoms with Crippen LogP contribution in [-0.2, 0) is 13.6 Å². The van der Waals surface area contributed by atoms with E-state index in [1.807, 2.05) is 7.05 Å². The zero-order valence-electron chi connectivity index (χ0n) is 11.0. The smallest absolute Gasteiger partial charge is 0.255 e. The van der Waals surface area contributed by atoms with E-state index in [9.17, 15) is 4.79 Å². The van der Waals surface area contributed by atoms with Gasteiger partial charge in [0.1, 0.15) is 5.75 Å². The van der Waals surface area contributed by atoms with Crippen LogP contribution in [0.5, 0.6) is 5.75 Å². The fourth-order valence-electron chi connectivity index (χ4n) is 1.75. The molecular formula is C13H13BrClN3O2. The summed E-state index contributed by atoms with van der Waals surface area (Å²) in [5, 5.41) is 7.39. The Morgan fingerprint density at radius 2 is 2.30 bits per heavy atom. The zero-order valence-corrected chi connectivity index (χ0v) is 13.3. The van der Waals surface area contributed by atoms with E-state index in [0.717, 1.165) is 10.2 Å². The summed E-state index contributed by atoms with van der Waals surface area (Å²) >= 11 is 9.29. The van der Waals surface area contributed by atoms with Crippen molar-refractivity contribution in [3.8, 4) is 5.75 Å². The van der Waals surface area contributed by atoms with Crippen LogP contribution in [0, 0.1) is 0 Å². The molecule has 0 saturated carbocycles. The number of hydrogen-bond acceptors (Lipinski definition) is 3. The summed E-state index contributed by atoms with van der Waals surface area (Å²) in [6.45, 7) is 0.353. The molecule has 0 spiro atoms. The second-order valence-corrected chi connectivity index (χ2v) is 5.38. The molecule has 1 amide bonds. The Bertz CT molecular complexity index is 623. The number of nitrogens with one attached hydrogen (secondary N) is 1.